The van der Waals surface area contributed by atoms with E-state index in [1.807, 2.05) is 35.0 Å². The minimum Gasteiger partial charge on any atom is -0.340 e. The van der Waals surface area contributed by atoms with E-state index in [1.54, 1.807) is 0 Å². The van der Waals surface area contributed by atoms with Crippen molar-refractivity contribution in [2.45, 2.75) is 6.54 Å². The van der Waals surface area contributed by atoms with Crippen LogP contribution < -0.4 is 0 Å². The summed E-state index contributed by atoms with van der Waals surface area (Å²) in [6.45, 7) is 4.31. The maximum atomic E-state index is 10.4. The molecule has 13 heavy (non-hydrogen) atoms. The largest absolute Gasteiger partial charge is 0.340 e. The van der Waals surface area contributed by atoms with Crippen LogP contribution in [0, 0.1) is 6.92 Å². The second kappa shape index (κ2) is 3.05. The molecular formula is C11H10NO. The molecule has 0 aliphatic carbocycles. The van der Waals surface area contributed by atoms with E-state index in [1.165, 1.54) is 0 Å². The zero-order chi connectivity index (χ0) is 9.26. The molecule has 0 aliphatic rings. The third-order valence-electron chi connectivity index (χ3n) is 2.14. The molecule has 0 unspecified atom stereocenters. The number of carbonyl (C=O) groups is 1. The lowest BCUT2D eigenvalue weighted by Gasteiger charge is -1.97. The molecule has 2 nitrogen and oxygen atoms in total. The van der Waals surface area contributed by atoms with E-state index in [2.05, 4.69) is 6.92 Å². The van der Waals surface area contributed by atoms with Crippen LogP contribution in [-0.2, 0) is 11.3 Å². The van der Waals surface area contributed by atoms with Gasteiger partial charge in [-0.15, -0.1) is 0 Å². The Morgan fingerprint density at radius 2 is 2.15 bits per heavy atom. The Hall–Kier alpha value is -1.57. The topological polar surface area (TPSA) is 22.0 Å². The van der Waals surface area contributed by atoms with Crippen molar-refractivity contribution < 1.29 is 4.79 Å². The molecule has 65 valence electrons. The van der Waals surface area contributed by atoms with Gasteiger partial charge in [0.15, 0.2) is 0 Å². The van der Waals surface area contributed by atoms with Crippen molar-refractivity contribution in [2.24, 2.45) is 0 Å². The van der Waals surface area contributed by atoms with E-state index in [-0.39, 0.29) is 0 Å². The van der Waals surface area contributed by atoms with Crippen LogP contribution in [-0.4, -0.2) is 10.9 Å². The first-order valence-electron chi connectivity index (χ1n) is 4.16. The van der Waals surface area contributed by atoms with E-state index < -0.39 is 0 Å². The fourth-order valence-electron chi connectivity index (χ4n) is 1.55. The molecule has 0 N–H and O–H groups in total. The lowest BCUT2D eigenvalue weighted by Crippen LogP contribution is -1.95. The van der Waals surface area contributed by atoms with E-state index >= 15 is 0 Å². The van der Waals surface area contributed by atoms with E-state index in [4.69, 9.17) is 0 Å². The van der Waals surface area contributed by atoms with Gasteiger partial charge in [-0.1, -0.05) is 18.2 Å². The van der Waals surface area contributed by atoms with Gasteiger partial charge in [-0.25, -0.2) is 0 Å². The highest BCUT2D eigenvalue weighted by atomic mass is 16.1. The quantitative estimate of drug-likeness (QED) is 0.635. The Labute approximate surface area is 76.8 Å². The van der Waals surface area contributed by atoms with Crippen molar-refractivity contribution in [3.8, 4) is 0 Å². The second-order valence-corrected chi connectivity index (χ2v) is 2.99. The molecule has 1 aromatic heterocycles. The number of rotatable bonds is 2. The van der Waals surface area contributed by atoms with E-state index in [0.717, 1.165) is 22.8 Å². The zero-order valence-electron chi connectivity index (χ0n) is 7.23. The van der Waals surface area contributed by atoms with Crippen molar-refractivity contribution in [1.82, 2.24) is 4.57 Å². The van der Waals surface area contributed by atoms with Crippen molar-refractivity contribution in [3.63, 3.8) is 0 Å². The van der Waals surface area contributed by atoms with Gasteiger partial charge in [0.25, 0.3) is 0 Å². The number of hydrogen-bond donors (Lipinski definition) is 0. The molecule has 0 amide bonds. The van der Waals surface area contributed by atoms with Crippen molar-refractivity contribution in [1.29, 1.82) is 0 Å². The Bertz CT molecular complexity index is 442. The molecule has 0 bridgehead atoms. The Balaban J connectivity index is 2.70. The molecule has 0 fully saturated rings. The summed E-state index contributed by atoms with van der Waals surface area (Å²) in [5.41, 5.74) is 2.04. The third kappa shape index (κ3) is 1.24. The average molecular weight is 172 g/mol. The number of aromatic nitrogens is 1. The van der Waals surface area contributed by atoms with Gasteiger partial charge in [0.2, 0.25) is 0 Å². The van der Waals surface area contributed by atoms with Crippen molar-refractivity contribution >= 4 is 17.2 Å². The van der Waals surface area contributed by atoms with Gasteiger partial charge in [0.05, 0.1) is 6.54 Å². The molecule has 0 saturated carbocycles. The highest BCUT2D eigenvalue weighted by molar-refractivity contribution is 5.85. The molecule has 0 aliphatic heterocycles. The fourth-order valence-corrected chi connectivity index (χ4v) is 1.55. The number of hydrogen-bond acceptors (Lipinski definition) is 1. The number of carbonyl (C=O) groups excluding carboxylic acids is 1. The lowest BCUT2D eigenvalue weighted by molar-refractivity contribution is -0.108. The van der Waals surface area contributed by atoms with Crippen LogP contribution in [0.5, 0.6) is 0 Å². The summed E-state index contributed by atoms with van der Waals surface area (Å²) in [5, 5.41) is 1.12. The number of para-hydroxylation sites is 1. The maximum absolute atomic E-state index is 10.4. The molecule has 1 heterocycles. The zero-order valence-corrected chi connectivity index (χ0v) is 7.23. The van der Waals surface area contributed by atoms with Crippen LogP contribution >= 0.6 is 0 Å². The smallest absolute Gasteiger partial charge is 0.139 e. The molecule has 1 aromatic carbocycles. The van der Waals surface area contributed by atoms with Crippen LogP contribution in [0.1, 0.15) is 5.56 Å². The minimum absolute atomic E-state index is 0.399. The Morgan fingerprint density at radius 3 is 2.92 bits per heavy atom. The SMILES string of the molecule is [CH2]c1cn(CC=O)c2ccccc12. The fraction of sp³-hybridized carbons (Fsp3) is 0.0909. The number of benzene rings is 1. The number of fused-ring (bicyclic) bond motifs is 1. The van der Waals surface area contributed by atoms with E-state index in [9.17, 15) is 4.79 Å². The lowest BCUT2D eigenvalue weighted by atomic mass is 10.2. The predicted octanol–water partition coefficient (Wildman–Crippen LogP) is 2.02. The highest BCUT2D eigenvalue weighted by Gasteiger charge is 2.02. The van der Waals surface area contributed by atoms with Gasteiger partial charge >= 0.3 is 0 Å². The summed E-state index contributed by atoms with van der Waals surface area (Å²) in [6.07, 6.45) is 2.80. The first kappa shape index (κ1) is 8.05. The summed E-state index contributed by atoms with van der Waals surface area (Å²) < 4.78 is 1.91. The second-order valence-electron chi connectivity index (χ2n) is 2.99. The molecule has 2 heteroatoms. The molecule has 2 rings (SSSR count). The summed E-state index contributed by atoms with van der Waals surface area (Å²) in [7, 11) is 0. The van der Waals surface area contributed by atoms with Crippen LogP contribution in [0.2, 0.25) is 0 Å². The summed E-state index contributed by atoms with van der Waals surface area (Å²) in [4.78, 5) is 10.4. The van der Waals surface area contributed by atoms with E-state index in [0.29, 0.717) is 6.54 Å². The first-order valence-corrected chi connectivity index (χ1v) is 4.16. The normalized spacial score (nSPS) is 10.5. The summed E-state index contributed by atoms with van der Waals surface area (Å²) >= 11 is 0. The highest BCUT2D eigenvalue weighted by Crippen LogP contribution is 2.19. The van der Waals surface area contributed by atoms with Crippen LogP contribution in [0.3, 0.4) is 0 Å². The van der Waals surface area contributed by atoms with Crippen molar-refractivity contribution in [3.05, 3.63) is 42.9 Å². The standard InChI is InChI=1S/C11H10NO/c1-9-8-12(6-7-13)11-5-3-2-4-10(9)11/h2-5,7-8H,1,6H2. The number of nitrogens with zero attached hydrogens (tertiary/aromatic N) is 1. The number of aldehydes is 1. The molecule has 0 saturated heterocycles. The predicted molar refractivity (Wildman–Crippen MR) is 52.5 cm³/mol. The molecule has 0 spiro atoms. The molecular weight excluding hydrogens is 162 g/mol. The third-order valence-corrected chi connectivity index (χ3v) is 2.14. The maximum Gasteiger partial charge on any atom is 0.139 e. The van der Waals surface area contributed by atoms with Gasteiger partial charge in [0, 0.05) is 17.1 Å². The first-order chi connectivity index (χ1) is 6.33. The van der Waals surface area contributed by atoms with Crippen molar-refractivity contribution in [2.75, 3.05) is 0 Å². The summed E-state index contributed by atoms with van der Waals surface area (Å²) in [5.74, 6) is 0. The van der Waals surface area contributed by atoms with Gasteiger partial charge in [0.1, 0.15) is 6.29 Å². The Kier molecular flexibility index (Phi) is 1.89. The van der Waals surface area contributed by atoms with Crippen LogP contribution in [0.4, 0.5) is 0 Å². The average Bonchev–Trinajstić information content (AvgIpc) is 2.46. The van der Waals surface area contributed by atoms with Crippen LogP contribution in [0.25, 0.3) is 10.9 Å². The molecule has 1 radical (unpaired) electrons. The van der Waals surface area contributed by atoms with Gasteiger partial charge in [-0.2, -0.15) is 0 Å². The molecule has 0 atom stereocenters. The molecule has 2 aromatic rings. The minimum atomic E-state index is 0.399. The van der Waals surface area contributed by atoms with Crippen LogP contribution in [0.15, 0.2) is 30.5 Å². The van der Waals surface area contributed by atoms with Gasteiger partial charge in [-0.05, 0) is 18.6 Å². The van der Waals surface area contributed by atoms with Gasteiger partial charge < -0.3 is 9.36 Å². The monoisotopic (exact) mass is 172 g/mol. The Morgan fingerprint density at radius 1 is 1.38 bits per heavy atom. The summed E-state index contributed by atoms with van der Waals surface area (Å²) in [6, 6.07) is 7.94. The van der Waals surface area contributed by atoms with Gasteiger partial charge in [-0.3, -0.25) is 0 Å².